The first-order valence-corrected chi connectivity index (χ1v) is 9.06. The van der Waals surface area contributed by atoms with E-state index < -0.39 is 35.5 Å². The Morgan fingerprint density at radius 2 is 2.04 bits per heavy atom. The van der Waals surface area contributed by atoms with Crippen LogP contribution in [-0.2, 0) is 14.3 Å². The summed E-state index contributed by atoms with van der Waals surface area (Å²) in [6.45, 7) is 1.80. The van der Waals surface area contributed by atoms with Gasteiger partial charge in [-0.05, 0) is 19.1 Å². The lowest BCUT2D eigenvalue weighted by atomic mass is 10.2. The molecule has 1 aromatic carbocycles. The number of amides is 1. The van der Waals surface area contributed by atoms with E-state index in [1.807, 2.05) is 0 Å². The van der Waals surface area contributed by atoms with Crippen molar-refractivity contribution in [3.05, 3.63) is 46.0 Å². The predicted molar refractivity (Wildman–Crippen MR) is 101 cm³/mol. The summed E-state index contributed by atoms with van der Waals surface area (Å²) in [6.07, 6.45) is -0.392. The summed E-state index contributed by atoms with van der Waals surface area (Å²) < 4.78 is 18.3. The molecular weight excluding hydrogens is 391 g/mol. The third kappa shape index (κ3) is 5.64. The fraction of sp³-hybridized carbons (Fsp3) is 0.235. The van der Waals surface area contributed by atoms with Crippen LogP contribution < -0.4 is 16.6 Å². The highest BCUT2D eigenvalue weighted by Gasteiger charge is 2.17. The summed E-state index contributed by atoms with van der Waals surface area (Å²) in [6, 6.07) is 5.25. The molecule has 0 atom stereocenters. The lowest BCUT2D eigenvalue weighted by Gasteiger charge is -2.09. The molecule has 0 spiro atoms. The molecule has 1 amide bonds. The molecular formula is C17H17FN4O5S. The number of benzene rings is 1. The molecule has 1 aromatic heterocycles. The van der Waals surface area contributed by atoms with Crippen LogP contribution in [-0.4, -0.2) is 40.0 Å². The molecule has 1 heterocycles. The SMILES string of the molecule is CCOC(=O)CC(=O)CSc1nc(N)c(NC(=O)c2ccccc2F)c(=O)[nH]1. The van der Waals surface area contributed by atoms with Crippen molar-refractivity contribution in [1.29, 1.82) is 0 Å². The molecule has 4 N–H and O–H groups in total. The number of anilines is 2. The Balaban J connectivity index is 2.05. The Morgan fingerprint density at radius 1 is 1.32 bits per heavy atom. The van der Waals surface area contributed by atoms with E-state index in [-0.39, 0.29) is 34.6 Å². The average molecular weight is 408 g/mol. The number of aromatic nitrogens is 2. The van der Waals surface area contributed by atoms with Crippen LogP contribution in [0, 0.1) is 5.82 Å². The zero-order valence-corrected chi connectivity index (χ0v) is 15.6. The normalized spacial score (nSPS) is 10.4. The van der Waals surface area contributed by atoms with Crippen LogP contribution >= 0.6 is 11.8 Å². The van der Waals surface area contributed by atoms with Crippen molar-refractivity contribution in [2.24, 2.45) is 0 Å². The molecule has 2 aromatic rings. The van der Waals surface area contributed by atoms with Gasteiger partial charge in [-0.1, -0.05) is 23.9 Å². The number of nitrogens with two attached hydrogens (primary N) is 1. The van der Waals surface area contributed by atoms with Crippen molar-refractivity contribution in [2.75, 3.05) is 23.4 Å². The number of hydrogen-bond acceptors (Lipinski definition) is 8. The number of nitrogens with one attached hydrogen (secondary N) is 2. The van der Waals surface area contributed by atoms with E-state index in [1.165, 1.54) is 18.2 Å². The summed E-state index contributed by atoms with van der Waals surface area (Å²) in [5, 5.41) is 2.25. The maximum atomic E-state index is 13.7. The molecule has 28 heavy (non-hydrogen) atoms. The lowest BCUT2D eigenvalue weighted by Crippen LogP contribution is -2.23. The first-order valence-electron chi connectivity index (χ1n) is 8.07. The topological polar surface area (TPSA) is 144 Å². The summed E-state index contributed by atoms with van der Waals surface area (Å²) >= 11 is 0.867. The minimum atomic E-state index is -0.859. The lowest BCUT2D eigenvalue weighted by molar-refractivity contribution is -0.145. The van der Waals surface area contributed by atoms with Crippen LogP contribution in [0.2, 0.25) is 0 Å². The van der Waals surface area contributed by atoms with Gasteiger partial charge >= 0.3 is 5.97 Å². The molecule has 11 heteroatoms. The second-order valence-corrected chi connectivity index (χ2v) is 6.34. The van der Waals surface area contributed by atoms with Crippen molar-refractivity contribution < 1.29 is 23.5 Å². The molecule has 0 saturated carbocycles. The van der Waals surface area contributed by atoms with Crippen molar-refractivity contribution in [2.45, 2.75) is 18.5 Å². The van der Waals surface area contributed by atoms with Crippen LogP contribution in [0.15, 0.2) is 34.2 Å². The first kappa shape index (κ1) is 21.1. The fourth-order valence-electron chi connectivity index (χ4n) is 2.06. The smallest absolute Gasteiger partial charge is 0.313 e. The minimum absolute atomic E-state index is 0.0311. The molecule has 0 bridgehead atoms. The van der Waals surface area contributed by atoms with Crippen LogP contribution in [0.3, 0.4) is 0 Å². The third-order valence-corrected chi connectivity index (χ3v) is 4.23. The van der Waals surface area contributed by atoms with Gasteiger partial charge in [0.2, 0.25) is 0 Å². The Labute approximate surface area is 162 Å². The minimum Gasteiger partial charge on any atom is -0.466 e. The summed E-state index contributed by atoms with van der Waals surface area (Å²) in [5.41, 5.74) is 4.34. The number of rotatable bonds is 8. The Bertz CT molecular complexity index is 963. The Morgan fingerprint density at radius 3 is 2.68 bits per heavy atom. The number of H-pyrrole nitrogens is 1. The number of halogens is 1. The van der Waals surface area contributed by atoms with E-state index >= 15 is 0 Å². The number of esters is 1. The second kappa shape index (κ2) is 9.65. The molecule has 0 aliphatic rings. The number of carbonyl (C=O) groups is 3. The van der Waals surface area contributed by atoms with Crippen LogP contribution in [0.1, 0.15) is 23.7 Å². The van der Waals surface area contributed by atoms with Gasteiger partial charge in [-0.3, -0.25) is 24.2 Å². The maximum Gasteiger partial charge on any atom is 0.313 e. The van der Waals surface area contributed by atoms with E-state index in [9.17, 15) is 23.6 Å². The number of aromatic amines is 1. The molecule has 0 unspecified atom stereocenters. The Kier molecular flexibility index (Phi) is 7.27. The van der Waals surface area contributed by atoms with Gasteiger partial charge in [0, 0.05) is 0 Å². The number of ketones is 1. The van der Waals surface area contributed by atoms with Crippen molar-refractivity contribution in [3.8, 4) is 0 Å². The highest BCUT2D eigenvalue weighted by molar-refractivity contribution is 7.99. The van der Waals surface area contributed by atoms with Crippen molar-refractivity contribution in [1.82, 2.24) is 9.97 Å². The molecule has 0 saturated heterocycles. The number of Topliss-reactive ketones (excluding diaryl/α,β-unsaturated/α-hetero) is 1. The van der Waals surface area contributed by atoms with E-state index in [1.54, 1.807) is 6.92 Å². The summed E-state index contributed by atoms with van der Waals surface area (Å²) in [5.74, 6) is -3.10. The zero-order valence-electron chi connectivity index (χ0n) is 14.8. The van der Waals surface area contributed by atoms with E-state index in [4.69, 9.17) is 5.73 Å². The number of nitrogen functional groups attached to an aromatic ring is 1. The van der Waals surface area contributed by atoms with Gasteiger partial charge in [-0.2, -0.15) is 0 Å². The third-order valence-electron chi connectivity index (χ3n) is 3.30. The van der Waals surface area contributed by atoms with Gasteiger partial charge in [-0.25, -0.2) is 9.37 Å². The van der Waals surface area contributed by atoms with E-state index in [0.717, 1.165) is 17.8 Å². The number of thioether (sulfide) groups is 1. The van der Waals surface area contributed by atoms with Gasteiger partial charge in [0.05, 0.1) is 17.9 Å². The van der Waals surface area contributed by atoms with Gasteiger partial charge in [0.1, 0.15) is 17.9 Å². The van der Waals surface area contributed by atoms with Gasteiger partial charge < -0.3 is 15.8 Å². The number of ether oxygens (including phenoxy) is 1. The van der Waals surface area contributed by atoms with E-state index in [2.05, 4.69) is 20.0 Å². The van der Waals surface area contributed by atoms with Crippen LogP contribution in [0.4, 0.5) is 15.9 Å². The van der Waals surface area contributed by atoms with Crippen LogP contribution in [0.25, 0.3) is 0 Å². The molecule has 9 nitrogen and oxygen atoms in total. The fourth-order valence-corrected chi connectivity index (χ4v) is 2.78. The number of hydrogen-bond donors (Lipinski definition) is 3. The number of carbonyl (C=O) groups excluding carboxylic acids is 3. The quantitative estimate of drug-likeness (QED) is 0.257. The molecule has 0 aliphatic heterocycles. The van der Waals surface area contributed by atoms with Crippen LogP contribution in [0.5, 0.6) is 0 Å². The van der Waals surface area contributed by atoms with Gasteiger partial charge in [-0.15, -0.1) is 0 Å². The number of nitrogens with zero attached hydrogens (tertiary/aromatic N) is 1. The first-order chi connectivity index (χ1) is 13.3. The predicted octanol–water partition coefficient (Wildman–Crippen LogP) is 1.36. The molecule has 2 rings (SSSR count). The zero-order chi connectivity index (χ0) is 20.7. The molecule has 0 aliphatic carbocycles. The van der Waals surface area contributed by atoms with Gasteiger partial charge in [0.15, 0.2) is 16.8 Å². The largest absolute Gasteiger partial charge is 0.466 e. The highest BCUT2D eigenvalue weighted by atomic mass is 32.2. The van der Waals surface area contributed by atoms with Crippen molar-refractivity contribution in [3.63, 3.8) is 0 Å². The monoisotopic (exact) mass is 408 g/mol. The second-order valence-electron chi connectivity index (χ2n) is 5.37. The van der Waals surface area contributed by atoms with Gasteiger partial charge in [0.25, 0.3) is 11.5 Å². The molecule has 0 radical (unpaired) electrons. The molecule has 0 fully saturated rings. The maximum absolute atomic E-state index is 13.7. The highest BCUT2D eigenvalue weighted by Crippen LogP contribution is 2.18. The van der Waals surface area contributed by atoms with E-state index in [0.29, 0.717) is 0 Å². The van der Waals surface area contributed by atoms with Crippen molar-refractivity contribution >= 4 is 40.9 Å². The molecule has 148 valence electrons. The summed E-state index contributed by atoms with van der Waals surface area (Å²) in [4.78, 5) is 53.5. The standard InChI is InChI=1S/C17H17FN4O5S/c1-2-27-12(24)7-9(23)8-28-17-21-14(19)13(16(26)22-17)20-15(25)10-5-3-4-6-11(10)18/h3-6H,2,7-8H2,1H3,(H,20,25)(H3,19,21,22,26). The Hall–Kier alpha value is -3.21. The average Bonchev–Trinajstić information content (AvgIpc) is 2.63. The summed E-state index contributed by atoms with van der Waals surface area (Å²) in [7, 11) is 0.